The first-order valence-corrected chi connectivity index (χ1v) is 11.8. The number of hydrogen-bond acceptors (Lipinski definition) is 5. The molecule has 1 spiro atoms. The summed E-state index contributed by atoms with van der Waals surface area (Å²) in [6.07, 6.45) is 4.76. The van der Waals surface area contributed by atoms with E-state index in [2.05, 4.69) is 18.7 Å². The minimum Gasteiger partial charge on any atom is -0.481 e. The summed E-state index contributed by atoms with van der Waals surface area (Å²) in [4.78, 5) is 26.9. The zero-order chi connectivity index (χ0) is 21.2. The van der Waals surface area contributed by atoms with Gasteiger partial charge in [0, 0.05) is 36.8 Å². The van der Waals surface area contributed by atoms with Gasteiger partial charge in [0.25, 0.3) is 0 Å². The fraction of sp³-hybridized carbons (Fsp3) is 0.833. The highest BCUT2D eigenvalue weighted by Crippen LogP contribution is 2.79. The van der Waals surface area contributed by atoms with Gasteiger partial charge in [-0.2, -0.15) is 0 Å². The van der Waals surface area contributed by atoms with E-state index in [1.54, 1.807) is 0 Å². The fourth-order valence-electron chi connectivity index (χ4n) is 9.62. The highest BCUT2D eigenvalue weighted by atomic mass is 16.5. The van der Waals surface area contributed by atoms with Crippen LogP contribution in [0.25, 0.3) is 0 Å². The van der Waals surface area contributed by atoms with Crippen molar-refractivity contribution in [3.8, 4) is 0 Å². The van der Waals surface area contributed by atoms with E-state index in [0.717, 1.165) is 38.8 Å². The maximum atomic E-state index is 12.7. The minimum atomic E-state index is -1.04. The van der Waals surface area contributed by atoms with Crippen LogP contribution in [0.1, 0.15) is 59.3 Å². The van der Waals surface area contributed by atoms with Crippen LogP contribution in [0, 0.1) is 40.4 Å². The number of esters is 1. The van der Waals surface area contributed by atoms with Crippen molar-refractivity contribution in [1.82, 2.24) is 4.90 Å². The van der Waals surface area contributed by atoms with Gasteiger partial charge < -0.3 is 14.9 Å². The maximum absolute atomic E-state index is 12.7. The Kier molecular flexibility index (Phi) is 3.66. The van der Waals surface area contributed by atoms with Crippen molar-refractivity contribution >= 4 is 11.9 Å². The first-order chi connectivity index (χ1) is 14.2. The maximum Gasteiger partial charge on any atom is 0.307 e. The number of nitrogens with zero attached hydrogens (tertiary/aromatic N) is 1. The summed E-state index contributed by atoms with van der Waals surface area (Å²) >= 11 is 0. The van der Waals surface area contributed by atoms with Gasteiger partial charge >= 0.3 is 11.9 Å². The van der Waals surface area contributed by atoms with Crippen molar-refractivity contribution in [2.45, 2.75) is 71.1 Å². The topological polar surface area (TPSA) is 87.1 Å². The van der Waals surface area contributed by atoms with Crippen LogP contribution in [0.2, 0.25) is 0 Å². The van der Waals surface area contributed by atoms with E-state index in [-0.39, 0.29) is 29.8 Å². The SMILES string of the molecule is CC(=O)O[C@@H]1C[C@@H]2[C@@H](C)CN3C[C@@H]4CCC5=C6[C@H](CC5)[C@H](C(=O)O)C[C@@]6([C@@]41C)[C@]23O. The lowest BCUT2D eigenvalue weighted by Crippen LogP contribution is -2.77. The number of aliphatic carboxylic acids is 1. The number of carboxylic acids is 1. The van der Waals surface area contributed by atoms with E-state index < -0.39 is 28.4 Å². The normalized spacial score (nSPS) is 53.5. The Bertz CT molecular complexity index is 883. The van der Waals surface area contributed by atoms with Gasteiger partial charge in [-0.3, -0.25) is 14.5 Å². The number of aliphatic hydroxyl groups is 1. The molecule has 4 fully saturated rings. The molecule has 2 heterocycles. The third kappa shape index (κ3) is 1.83. The van der Waals surface area contributed by atoms with Crippen molar-refractivity contribution in [3.63, 3.8) is 0 Å². The second kappa shape index (κ2) is 5.69. The summed E-state index contributed by atoms with van der Waals surface area (Å²) in [6.45, 7) is 7.57. The van der Waals surface area contributed by atoms with Gasteiger partial charge in [0.15, 0.2) is 0 Å². The lowest BCUT2D eigenvalue weighted by molar-refractivity contribution is -0.321. The monoisotopic (exact) mass is 415 g/mol. The number of ether oxygens (including phenoxy) is 1. The molecule has 6 nitrogen and oxygen atoms in total. The zero-order valence-corrected chi connectivity index (χ0v) is 18.2. The van der Waals surface area contributed by atoms with Crippen LogP contribution in [0.15, 0.2) is 11.1 Å². The van der Waals surface area contributed by atoms with Crippen molar-refractivity contribution < 1.29 is 24.5 Å². The molecular formula is C24H33NO5. The number of carbonyl (C=O) groups excluding carboxylic acids is 1. The van der Waals surface area contributed by atoms with Crippen LogP contribution < -0.4 is 0 Å². The van der Waals surface area contributed by atoms with Crippen molar-refractivity contribution in [2.75, 3.05) is 13.1 Å². The molecule has 0 aromatic carbocycles. The zero-order valence-electron chi connectivity index (χ0n) is 18.2. The van der Waals surface area contributed by atoms with E-state index in [4.69, 9.17) is 4.74 Å². The standard InChI is InChI=1S/C24H33NO5/c1-12-10-25-11-15-6-4-14-5-7-16-17(21(27)28)9-23(20(14)16)22(15,3)19(30-13(2)26)8-18(12)24(23,25)29/h12,15-19,29H,4-11H2,1-3H3,(H,27,28)/t12-,15-,16+,17+,18+,19+,22-,23+,24+/m0/s1. The number of piperidine rings is 1. The molecule has 4 bridgehead atoms. The van der Waals surface area contributed by atoms with E-state index in [9.17, 15) is 19.8 Å². The van der Waals surface area contributed by atoms with Gasteiger partial charge in [-0.05, 0) is 56.3 Å². The van der Waals surface area contributed by atoms with Crippen LogP contribution in [0.4, 0.5) is 0 Å². The molecule has 0 aromatic rings. The number of hydrogen-bond donors (Lipinski definition) is 2. The van der Waals surface area contributed by atoms with Crippen LogP contribution in [-0.2, 0) is 14.3 Å². The third-order valence-corrected chi connectivity index (χ3v) is 10.6. The Hall–Kier alpha value is -1.40. The average Bonchev–Trinajstić information content (AvgIpc) is 3.28. The Morgan fingerprint density at radius 2 is 1.93 bits per heavy atom. The first-order valence-electron chi connectivity index (χ1n) is 11.8. The van der Waals surface area contributed by atoms with Gasteiger partial charge in [0.05, 0.1) is 5.92 Å². The summed E-state index contributed by atoms with van der Waals surface area (Å²) in [5, 5.41) is 22.9. The Morgan fingerprint density at radius 1 is 1.20 bits per heavy atom. The quantitative estimate of drug-likeness (QED) is 0.533. The minimum absolute atomic E-state index is 0.00322. The van der Waals surface area contributed by atoms with Gasteiger partial charge in [0.2, 0.25) is 0 Å². The van der Waals surface area contributed by atoms with Gasteiger partial charge in [0.1, 0.15) is 11.8 Å². The number of carboxylic acid groups (broad SMARTS) is 1. The second-order valence-electron chi connectivity index (χ2n) is 11.3. The molecule has 2 saturated carbocycles. The van der Waals surface area contributed by atoms with E-state index in [1.807, 2.05) is 0 Å². The fourth-order valence-corrected chi connectivity index (χ4v) is 9.62. The molecule has 0 radical (unpaired) electrons. The smallest absolute Gasteiger partial charge is 0.307 e. The molecule has 2 saturated heterocycles. The molecule has 6 rings (SSSR count). The molecule has 164 valence electrons. The summed E-state index contributed by atoms with van der Waals surface area (Å²) in [7, 11) is 0. The third-order valence-electron chi connectivity index (χ3n) is 10.6. The van der Waals surface area contributed by atoms with Crippen LogP contribution in [0.5, 0.6) is 0 Å². The predicted octanol–water partition coefficient (Wildman–Crippen LogP) is 2.81. The van der Waals surface area contributed by atoms with E-state index in [0.29, 0.717) is 18.8 Å². The van der Waals surface area contributed by atoms with Crippen LogP contribution in [0.3, 0.4) is 0 Å². The van der Waals surface area contributed by atoms with Gasteiger partial charge in [-0.25, -0.2) is 0 Å². The largest absolute Gasteiger partial charge is 0.481 e. The highest BCUT2D eigenvalue weighted by molar-refractivity contribution is 5.73. The molecule has 30 heavy (non-hydrogen) atoms. The van der Waals surface area contributed by atoms with Gasteiger partial charge in [-0.1, -0.05) is 25.0 Å². The molecule has 0 unspecified atom stereocenters. The van der Waals surface area contributed by atoms with E-state index >= 15 is 0 Å². The average molecular weight is 416 g/mol. The summed E-state index contributed by atoms with van der Waals surface area (Å²) in [6, 6.07) is 0. The Balaban J connectivity index is 1.67. The number of allylic oxidation sites excluding steroid dienone is 1. The van der Waals surface area contributed by atoms with E-state index in [1.165, 1.54) is 18.1 Å². The molecular weight excluding hydrogens is 382 g/mol. The lowest BCUT2D eigenvalue weighted by Gasteiger charge is -2.70. The number of rotatable bonds is 2. The predicted molar refractivity (Wildman–Crippen MR) is 108 cm³/mol. The number of carbonyl (C=O) groups is 2. The molecule has 6 heteroatoms. The van der Waals surface area contributed by atoms with Gasteiger partial charge in [-0.15, -0.1) is 0 Å². The molecule has 0 aromatic heterocycles. The Labute approximate surface area is 177 Å². The molecule has 4 aliphatic carbocycles. The summed E-state index contributed by atoms with van der Waals surface area (Å²) in [5.74, 6) is -0.857. The van der Waals surface area contributed by atoms with Crippen LogP contribution in [-0.4, -0.2) is 52.0 Å². The molecule has 2 N–H and O–H groups in total. The van der Waals surface area contributed by atoms with Crippen molar-refractivity contribution in [1.29, 1.82) is 0 Å². The van der Waals surface area contributed by atoms with Crippen LogP contribution >= 0.6 is 0 Å². The summed E-state index contributed by atoms with van der Waals surface area (Å²) in [5.41, 5.74) is 0.574. The highest BCUT2D eigenvalue weighted by Gasteiger charge is 2.83. The first kappa shape index (κ1) is 19.3. The second-order valence-corrected chi connectivity index (χ2v) is 11.3. The van der Waals surface area contributed by atoms with Crippen molar-refractivity contribution in [2.24, 2.45) is 40.4 Å². The Morgan fingerprint density at radius 3 is 2.63 bits per heavy atom. The molecule has 9 atom stereocenters. The summed E-state index contributed by atoms with van der Waals surface area (Å²) < 4.78 is 6.07. The molecule has 2 aliphatic heterocycles. The lowest BCUT2D eigenvalue weighted by atomic mass is 9.41. The molecule has 6 aliphatic rings. The molecule has 0 amide bonds. The van der Waals surface area contributed by atoms with Crippen molar-refractivity contribution in [3.05, 3.63) is 11.1 Å².